The quantitative estimate of drug-likeness (QED) is 0.170. The Balaban J connectivity index is 1.00. The summed E-state index contributed by atoms with van der Waals surface area (Å²) < 4.78 is 2.52. The molecular formula is C54H34N2S. The van der Waals surface area contributed by atoms with E-state index in [0.717, 1.165) is 28.1 Å². The molecule has 0 amide bonds. The zero-order valence-corrected chi connectivity index (χ0v) is 31.7. The van der Waals surface area contributed by atoms with Gasteiger partial charge in [-0.1, -0.05) is 182 Å². The monoisotopic (exact) mass is 742 g/mol. The van der Waals surface area contributed by atoms with Gasteiger partial charge in [0.25, 0.3) is 0 Å². The van der Waals surface area contributed by atoms with Crippen molar-refractivity contribution in [2.45, 2.75) is 0 Å². The highest BCUT2D eigenvalue weighted by Crippen LogP contribution is 2.44. The van der Waals surface area contributed by atoms with Crippen LogP contribution in [0.3, 0.4) is 0 Å². The van der Waals surface area contributed by atoms with Crippen molar-refractivity contribution in [1.29, 1.82) is 0 Å². The molecule has 3 heteroatoms. The third-order valence-electron chi connectivity index (χ3n) is 11.1. The summed E-state index contributed by atoms with van der Waals surface area (Å²) in [5.41, 5.74) is 12.2. The van der Waals surface area contributed by atoms with E-state index >= 15 is 0 Å². The maximum Gasteiger partial charge on any atom is 0.160 e. The number of fused-ring (bicyclic) bond motifs is 6. The van der Waals surface area contributed by atoms with Gasteiger partial charge < -0.3 is 0 Å². The predicted molar refractivity (Wildman–Crippen MR) is 243 cm³/mol. The third-order valence-corrected chi connectivity index (χ3v) is 12.2. The van der Waals surface area contributed by atoms with Gasteiger partial charge in [-0.25, -0.2) is 9.97 Å². The van der Waals surface area contributed by atoms with E-state index in [4.69, 9.17) is 9.97 Å². The van der Waals surface area contributed by atoms with Crippen LogP contribution in [-0.4, -0.2) is 9.97 Å². The Morgan fingerprint density at radius 1 is 0.298 bits per heavy atom. The first kappa shape index (κ1) is 33.2. The molecule has 0 saturated heterocycles. The minimum absolute atomic E-state index is 0.713. The molecule has 11 rings (SSSR count). The average Bonchev–Trinajstić information content (AvgIpc) is 3.67. The molecule has 0 saturated carbocycles. The van der Waals surface area contributed by atoms with E-state index in [-0.39, 0.29) is 0 Å². The van der Waals surface area contributed by atoms with Crippen molar-refractivity contribution in [2.75, 3.05) is 0 Å². The number of hydrogen-bond donors (Lipinski definition) is 0. The molecule has 9 aromatic carbocycles. The molecule has 0 fully saturated rings. The van der Waals surface area contributed by atoms with Crippen molar-refractivity contribution in [3.8, 4) is 67.3 Å². The number of rotatable bonds is 6. The predicted octanol–water partition coefficient (Wildman–Crippen LogP) is 15.2. The number of thiophene rings is 1. The van der Waals surface area contributed by atoms with Crippen LogP contribution in [0, 0.1) is 0 Å². The fraction of sp³-hybridized carbons (Fsp3) is 0. The Bertz CT molecular complexity index is 3260. The first-order chi connectivity index (χ1) is 28.2. The van der Waals surface area contributed by atoms with Gasteiger partial charge in [-0.2, -0.15) is 0 Å². The van der Waals surface area contributed by atoms with Gasteiger partial charge in [-0.05, 0) is 79.2 Å². The van der Waals surface area contributed by atoms with Crippen molar-refractivity contribution in [3.63, 3.8) is 0 Å². The lowest BCUT2D eigenvalue weighted by Crippen LogP contribution is -1.96. The molecule has 11 aromatic rings. The second kappa shape index (κ2) is 13.8. The summed E-state index contributed by atoms with van der Waals surface area (Å²) in [5, 5.41) is 7.63. The highest BCUT2D eigenvalue weighted by atomic mass is 32.1. The number of benzene rings is 9. The molecule has 0 unspecified atom stereocenters. The van der Waals surface area contributed by atoms with Gasteiger partial charge in [0.15, 0.2) is 5.82 Å². The molecule has 0 radical (unpaired) electrons. The van der Waals surface area contributed by atoms with E-state index in [0.29, 0.717) is 5.82 Å². The Hall–Kier alpha value is -7.20. The lowest BCUT2D eigenvalue weighted by Gasteiger charge is -2.11. The number of nitrogens with zero attached hydrogens (tertiary/aromatic N) is 2. The second-order valence-electron chi connectivity index (χ2n) is 14.6. The van der Waals surface area contributed by atoms with Crippen molar-refractivity contribution in [3.05, 3.63) is 206 Å². The SMILES string of the molecule is c1ccc(-c2ccc(-c3nc(-c4ccccc4)cc(-c4ccc5c(c4)sc4cc(-c6ccc(-c7ccc8ccccc8c7)cc6)c6ccccc6c45)n3)cc2)cc1. The Kier molecular flexibility index (Phi) is 8.04. The highest BCUT2D eigenvalue weighted by Gasteiger charge is 2.16. The summed E-state index contributed by atoms with van der Waals surface area (Å²) >= 11 is 1.85. The third kappa shape index (κ3) is 6.06. The Morgan fingerprint density at radius 3 is 1.60 bits per heavy atom. The maximum absolute atomic E-state index is 5.20. The summed E-state index contributed by atoms with van der Waals surface area (Å²) in [6.07, 6.45) is 0. The fourth-order valence-corrected chi connectivity index (χ4v) is 9.37. The lowest BCUT2D eigenvalue weighted by molar-refractivity contribution is 1.18. The molecule has 0 aliphatic carbocycles. The van der Waals surface area contributed by atoms with E-state index in [1.54, 1.807) is 0 Å². The zero-order chi connectivity index (χ0) is 37.7. The summed E-state index contributed by atoms with van der Waals surface area (Å²) in [4.78, 5) is 10.3. The van der Waals surface area contributed by atoms with E-state index in [2.05, 4.69) is 194 Å². The van der Waals surface area contributed by atoms with Crippen LogP contribution in [0.4, 0.5) is 0 Å². The largest absolute Gasteiger partial charge is 0.228 e. The standard InChI is InChI=1S/C54H34N2S/c1-3-11-35(12-4-1)37-21-26-41(27-22-37)54-55-49(40-14-5-2-6-15-40)34-50(56-54)44-29-30-47-51(32-44)57-52-33-48(45-17-9-10-18-46(45)53(47)52)39-24-19-38(20-25-39)43-28-23-36-13-7-8-16-42(36)31-43/h1-34H. The van der Waals surface area contributed by atoms with Crippen LogP contribution in [0.1, 0.15) is 0 Å². The fourth-order valence-electron chi connectivity index (χ4n) is 8.17. The van der Waals surface area contributed by atoms with Crippen LogP contribution in [0.2, 0.25) is 0 Å². The number of hydrogen-bond acceptors (Lipinski definition) is 3. The lowest BCUT2D eigenvalue weighted by atomic mass is 9.93. The molecule has 0 bridgehead atoms. The Labute approximate surface area is 335 Å². The summed E-state index contributed by atoms with van der Waals surface area (Å²) in [5.74, 6) is 0.713. The van der Waals surface area contributed by atoms with E-state index in [1.807, 2.05) is 23.5 Å². The molecule has 0 aliphatic rings. The minimum Gasteiger partial charge on any atom is -0.228 e. The molecule has 2 heterocycles. The van der Waals surface area contributed by atoms with Gasteiger partial charge >= 0.3 is 0 Å². The van der Waals surface area contributed by atoms with Crippen molar-refractivity contribution in [1.82, 2.24) is 9.97 Å². The van der Waals surface area contributed by atoms with Gasteiger partial charge in [0.2, 0.25) is 0 Å². The van der Waals surface area contributed by atoms with Gasteiger partial charge in [0, 0.05) is 36.9 Å². The topological polar surface area (TPSA) is 25.8 Å². The molecule has 0 aliphatic heterocycles. The molecule has 0 N–H and O–H groups in total. The van der Waals surface area contributed by atoms with Gasteiger partial charge in [0.05, 0.1) is 11.4 Å². The first-order valence-electron chi connectivity index (χ1n) is 19.3. The minimum atomic E-state index is 0.713. The average molecular weight is 743 g/mol. The van der Waals surface area contributed by atoms with Crippen LogP contribution in [0.25, 0.3) is 109 Å². The second-order valence-corrected chi connectivity index (χ2v) is 15.7. The van der Waals surface area contributed by atoms with Gasteiger partial charge in [0.1, 0.15) is 0 Å². The molecule has 57 heavy (non-hydrogen) atoms. The van der Waals surface area contributed by atoms with E-state index in [9.17, 15) is 0 Å². The van der Waals surface area contributed by atoms with Crippen LogP contribution >= 0.6 is 11.3 Å². The summed E-state index contributed by atoms with van der Waals surface area (Å²) in [7, 11) is 0. The van der Waals surface area contributed by atoms with E-state index in [1.165, 1.54) is 75.1 Å². The van der Waals surface area contributed by atoms with Crippen LogP contribution in [0.5, 0.6) is 0 Å². The maximum atomic E-state index is 5.20. The van der Waals surface area contributed by atoms with Gasteiger partial charge in [-0.3, -0.25) is 0 Å². The molecule has 266 valence electrons. The van der Waals surface area contributed by atoms with Gasteiger partial charge in [-0.15, -0.1) is 11.3 Å². The van der Waals surface area contributed by atoms with Crippen LogP contribution < -0.4 is 0 Å². The first-order valence-corrected chi connectivity index (χ1v) is 20.1. The Morgan fingerprint density at radius 2 is 0.842 bits per heavy atom. The van der Waals surface area contributed by atoms with Crippen molar-refractivity contribution in [2.24, 2.45) is 0 Å². The highest BCUT2D eigenvalue weighted by molar-refractivity contribution is 7.26. The molecule has 0 spiro atoms. The van der Waals surface area contributed by atoms with Crippen LogP contribution in [0.15, 0.2) is 206 Å². The van der Waals surface area contributed by atoms with Crippen molar-refractivity contribution >= 4 is 53.1 Å². The normalized spacial score (nSPS) is 11.5. The smallest absolute Gasteiger partial charge is 0.160 e. The van der Waals surface area contributed by atoms with E-state index < -0.39 is 0 Å². The molecule has 0 atom stereocenters. The van der Waals surface area contributed by atoms with Crippen molar-refractivity contribution < 1.29 is 0 Å². The summed E-state index contributed by atoms with van der Waals surface area (Å²) in [6, 6.07) is 73.9. The van der Waals surface area contributed by atoms with Crippen LogP contribution in [-0.2, 0) is 0 Å². The number of aromatic nitrogens is 2. The molecule has 2 aromatic heterocycles. The molecular weight excluding hydrogens is 709 g/mol. The summed E-state index contributed by atoms with van der Waals surface area (Å²) in [6.45, 7) is 0. The zero-order valence-electron chi connectivity index (χ0n) is 30.9. The molecule has 2 nitrogen and oxygen atoms in total.